The molecule has 1 amide bonds. The number of carbonyl (C=O) groups excluding carboxylic acids is 1. The van der Waals surface area contributed by atoms with Crippen LogP contribution < -0.4 is 5.32 Å². The molecule has 0 saturated carbocycles. The molecule has 1 atom stereocenters. The lowest BCUT2D eigenvalue weighted by atomic mass is 10.0. The first-order chi connectivity index (χ1) is 8.74. The van der Waals surface area contributed by atoms with E-state index in [9.17, 15) is 4.79 Å². The molecule has 0 spiro atoms. The third-order valence-corrected chi connectivity index (χ3v) is 4.28. The number of rotatable bonds is 5. The minimum absolute atomic E-state index is 0.141. The smallest absolute Gasteiger partial charge is 0.225 e. The summed E-state index contributed by atoms with van der Waals surface area (Å²) in [5, 5.41) is 5.02. The maximum absolute atomic E-state index is 11.7. The van der Waals surface area contributed by atoms with Crippen LogP contribution in [-0.4, -0.2) is 37.0 Å². The van der Waals surface area contributed by atoms with Crippen molar-refractivity contribution in [1.82, 2.24) is 10.2 Å². The number of nitrogens with one attached hydrogen (secondary N) is 1. The molecule has 1 aliphatic rings. The van der Waals surface area contributed by atoms with E-state index in [4.69, 9.17) is 0 Å². The van der Waals surface area contributed by atoms with Crippen molar-refractivity contribution in [2.45, 2.75) is 26.2 Å². The molecule has 0 bridgehead atoms. The summed E-state index contributed by atoms with van der Waals surface area (Å²) in [5.74, 6) is 0.947. The summed E-state index contributed by atoms with van der Waals surface area (Å²) in [7, 11) is 0. The molecule has 2 heterocycles. The van der Waals surface area contributed by atoms with Crippen molar-refractivity contribution in [3.63, 3.8) is 0 Å². The largest absolute Gasteiger partial charge is 0.355 e. The van der Waals surface area contributed by atoms with Crippen LogP contribution in [0.15, 0.2) is 17.5 Å². The normalized spacial score (nSPS) is 20.8. The molecule has 18 heavy (non-hydrogen) atoms. The lowest BCUT2D eigenvalue weighted by molar-refractivity contribution is -0.120. The van der Waals surface area contributed by atoms with E-state index in [-0.39, 0.29) is 5.91 Å². The SMILES string of the molecule is CC1CCCN(CCNC(=O)Cc2cccs2)C1. The van der Waals surface area contributed by atoms with Gasteiger partial charge in [-0.05, 0) is 36.8 Å². The molecule has 3 nitrogen and oxygen atoms in total. The first-order valence-corrected chi connectivity index (χ1v) is 7.63. The summed E-state index contributed by atoms with van der Waals surface area (Å²) in [6.45, 7) is 6.44. The molecule has 1 aromatic heterocycles. The summed E-state index contributed by atoms with van der Waals surface area (Å²) < 4.78 is 0. The molecule has 100 valence electrons. The van der Waals surface area contributed by atoms with Crippen LogP contribution in [0.1, 0.15) is 24.6 Å². The number of hydrogen-bond donors (Lipinski definition) is 1. The van der Waals surface area contributed by atoms with Crippen LogP contribution in [0.2, 0.25) is 0 Å². The van der Waals surface area contributed by atoms with Gasteiger partial charge in [0, 0.05) is 24.5 Å². The van der Waals surface area contributed by atoms with E-state index < -0.39 is 0 Å². The third kappa shape index (κ3) is 4.42. The number of piperidine rings is 1. The van der Waals surface area contributed by atoms with Crippen molar-refractivity contribution in [3.8, 4) is 0 Å². The Morgan fingerprint density at radius 1 is 1.61 bits per heavy atom. The zero-order valence-electron chi connectivity index (χ0n) is 11.0. The Hall–Kier alpha value is -0.870. The highest BCUT2D eigenvalue weighted by Gasteiger charge is 2.15. The molecule has 1 unspecified atom stereocenters. The van der Waals surface area contributed by atoms with Gasteiger partial charge >= 0.3 is 0 Å². The van der Waals surface area contributed by atoms with E-state index in [0.717, 1.165) is 23.9 Å². The highest BCUT2D eigenvalue weighted by atomic mass is 32.1. The molecule has 4 heteroatoms. The van der Waals surface area contributed by atoms with Crippen molar-refractivity contribution < 1.29 is 4.79 Å². The highest BCUT2D eigenvalue weighted by Crippen LogP contribution is 2.14. The minimum atomic E-state index is 0.141. The summed E-state index contributed by atoms with van der Waals surface area (Å²) in [6, 6.07) is 4.00. The molecule has 1 fully saturated rings. The average Bonchev–Trinajstić information content (AvgIpc) is 2.82. The van der Waals surface area contributed by atoms with Crippen molar-refractivity contribution in [1.29, 1.82) is 0 Å². The van der Waals surface area contributed by atoms with Crippen molar-refractivity contribution in [3.05, 3.63) is 22.4 Å². The van der Waals surface area contributed by atoms with E-state index >= 15 is 0 Å². The number of nitrogens with zero attached hydrogens (tertiary/aromatic N) is 1. The molecular formula is C14H22N2OS. The molecule has 0 radical (unpaired) electrons. The monoisotopic (exact) mass is 266 g/mol. The second-order valence-corrected chi connectivity index (χ2v) is 6.19. The van der Waals surface area contributed by atoms with E-state index in [1.807, 2.05) is 17.5 Å². The van der Waals surface area contributed by atoms with Crippen LogP contribution in [0.5, 0.6) is 0 Å². The molecular weight excluding hydrogens is 244 g/mol. The molecule has 1 saturated heterocycles. The lowest BCUT2D eigenvalue weighted by Gasteiger charge is -2.30. The maximum Gasteiger partial charge on any atom is 0.225 e. The number of likely N-dealkylation sites (tertiary alicyclic amines) is 1. The number of hydrogen-bond acceptors (Lipinski definition) is 3. The fraction of sp³-hybridized carbons (Fsp3) is 0.643. The maximum atomic E-state index is 11.7. The van der Waals surface area contributed by atoms with Crippen LogP contribution in [0, 0.1) is 5.92 Å². The van der Waals surface area contributed by atoms with Gasteiger partial charge in [0.2, 0.25) is 5.91 Å². The van der Waals surface area contributed by atoms with Gasteiger partial charge in [-0.1, -0.05) is 13.0 Å². The van der Waals surface area contributed by atoms with Gasteiger partial charge in [-0.25, -0.2) is 0 Å². The Morgan fingerprint density at radius 2 is 2.50 bits per heavy atom. The van der Waals surface area contributed by atoms with Gasteiger partial charge < -0.3 is 10.2 Å². The second-order valence-electron chi connectivity index (χ2n) is 5.15. The minimum Gasteiger partial charge on any atom is -0.355 e. The van der Waals surface area contributed by atoms with Gasteiger partial charge in [0.1, 0.15) is 0 Å². The first kappa shape index (κ1) is 13.6. The quantitative estimate of drug-likeness (QED) is 0.885. The predicted octanol–water partition coefficient (Wildman–Crippen LogP) is 2.14. The van der Waals surface area contributed by atoms with Gasteiger partial charge in [-0.15, -0.1) is 11.3 Å². The van der Waals surface area contributed by atoms with Crippen LogP contribution in [0.4, 0.5) is 0 Å². The van der Waals surface area contributed by atoms with Crippen molar-refractivity contribution >= 4 is 17.2 Å². The fourth-order valence-electron chi connectivity index (χ4n) is 2.48. The Balaban J connectivity index is 1.61. The van der Waals surface area contributed by atoms with Gasteiger partial charge in [0.25, 0.3) is 0 Å². The molecule has 1 N–H and O–H groups in total. The van der Waals surface area contributed by atoms with Crippen molar-refractivity contribution in [2.75, 3.05) is 26.2 Å². The van der Waals surface area contributed by atoms with Crippen LogP contribution in [-0.2, 0) is 11.2 Å². The van der Waals surface area contributed by atoms with Gasteiger partial charge in [0.15, 0.2) is 0 Å². The standard InChI is InChI=1S/C14H22N2OS/c1-12-4-2-7-16(11-12)8-6-15-14(17)10-13-5-3-9-18-13/h3,5,9,12H,2,4,6-8,10-11H2,1H3,(H,15,17). The average molecular weight is 266 g/mol. The van der Waals surface area contributed by atoms with Gasteiger partial charge in [0.05, 0.1) is 6.42 Å². The topological polar surface area (TPSA) is 32.3 Å². The number of amides is 1. The number of thiophene rings is 1. The van der Waals surface area contributed by atoms with Gasteiger partial charge in [-0.3, -0.25) is 4.79 Å². The molecule has 1 aliphatic heterocycles. The molecule has 2 rings (SSSR count). The zero-order chi connectivity index (χ0) is 12.8. The van der Waals surface area contributed by atoms with Gasteiger partial charge in [-0.2, -0.15) is 0 Å². The van der Waals surface area contributed by atoms with Crippen LogP contribution in [0.3, 0.4) is 0 Å². The van der Waals surface area contributed by atoms with Crippen LogP contribution >= 0.6 is 11.3 Å². The van der Waals surface area contributed by atoms with Crippen LogP contribution in [0.25, 0.3) is 0 Å². The Bertz CT molecular complexity index is 364. The summed E-state index contributed by atoms with van der Waals surface area (Å²) in [5.41, 5.74) is 0. The fourth-order valence-corrected chi connectivity index (χ4v) is 3.18. The molecule has 0 aromatic carbocycles. The highest BCUT2D eigenvalue weighted by molar-refractivity contribution is 7.10. The van der Waals surface area contributed by atoms with E-state index in [2.05, 4.69) is 17.1 Å². The summed E-state index contributed by atoms with van der Waals surface area (Å²) in [6.07, 6.45) is 3.17. The predicted molar refractivity (Wildman–Crippen MR) is 75.9 cm³/mol. The Labute approximate surface area is 113 Å². The van der Waals surface area contributed by atoms with E-state index in [0.29, 0.717) is 6.42 Å². The molecule has 0 aliphatic carbocycles. The van der Waals surface area contributed by atoms with E-state index in [1.54, 1.807) is 11.3 Å². The molecule has 1 aromatic rings. The first-order valence-electron chi connectivity index (χ1n) is 6.75. The van der Waals surface area contributed by atoms with E-state index in [1.165, 1.54) is 25.9 Å². The summed E-state index contributed by atoms with van der Waals surface area (Å²) >= 11 is 1.64. The zero-order valence-corrected chi connectivity index (χ0v) is 11.8. The second kappa shape index (κ2) is 6.90. The number of carbonyl (C=O) groups is 1. The third-order valence-electron chi connectivity index (χ3n) is 3.41. The Kier molecular flexibility index (Phi) is 5.20. The summed E-state index contributed by atoms with van der Waals surface area (Å²) in [4.78, 5) is 15.3. The van der Waals surface area contributed by atoms with Crippen molar-refractivity contribution in [2.24, 2.45) is 5.92 Å². The Morgan fingerprint density at radius 3 is 3.22 bits per heavy atom. The lowest BCUT2D eigenvalue weighted by Crippen LogP contribution is -2.40.